The molecule has 0 fully saturated rings. The Balaban J connectivity index is 3.01. The maximum atomic E-state index is 5.28. The molecule has 0 spiro atoms. The highest BCUT2D eigenvalue weighted by molar-refractivity contribution is 5.42. The van der Waals surface area contributed by atoms with Gasteiger partial charge >= 0.3 is 0 Å². The highest BCUT2D eigenvalue weighted by Crippen LogP contribution is 2.08. The predicted molar refractivity (Wildman–Crippen MR) is 51.8 cm³/mol. The first-order chi connectivity index (χ1) is 5.74. The maximum absolute atomic E-state index is 5.28. The van der Waals surface area contributed by atoms with Gasteiger partial charge in [0.05, 0.1) is 6.54 Å². The first kappa shape index (κ1) is 8.83. The van der Waals surface area contributed by atoms with Gasteiger partial charge in [0.1, 0.15) is 0 Å². The predicted octanol–water partition coefficient (Wildman–Crippen LogP) is 1.61. The third-order valence-corrected chi connectivity index (χ3v) is 1.71. The molecular weight excluding hydrogens is 146 g/mol. The van der Waals surface area contributed by atoms with Crippen LogP contribution < -0.4 is 5.73 Å². The van der Waals surface area contributed by atoms with Gasteiger partial charge in [-0.05, 0) is 25.5 Å². The summed E-state index contributed by atoms with van der Waals surface area (Å²) in [6.45, 7) is 4.56. The third kappa shape index (κ3) is 2.11. The summed E-state index contributed by atoms with van der Waals surface area (Å²) in [6.07, 6.45) is 0. The molecule has 2 N–H and O–H groups in total. The van der Waals surface area contributed by atoms with Crippen molar-refractivity contribution in [3.05, 3.63) is 34.9 Å². The number of hydrogen-bond acceptors (Lipinski definition) is 1. The van der Waals surface area contributed by atoms with E-state index in [9.17, 15) is 0 Å². The van der Waals surface area contributed by atoms with E-state index in [-0.39, 0.29) is 0 Å². The van der Waals surface area contributed by atoms with Gasteiger partial charge in [0, 0.05) is 5.56 Å². The van der Waals surface area contributed by atoms with Crippen LogP contribution in [-0.4, -0.2) is 6.54 Å². The lowest BCUT2D eigenvalue weighted by Gasteiger charge is -1.98. The minimum atomic E-state index is 0.424. The van der Waals surface area contributed by atoms with Crippen molar-refractivity contribution in [2.24, 2.45) is 5.73 Å². The van der Waals surface area contributed by atoms with Crippen LogP contribution in [0.2, 0.25) is 0 Å². The largest absolute Gasteiger partial charge is 0.320 e. The molecule has 0 saturated carbocycles. The zero-order chi connectivity index (χ0) is 8.97. The van der Waals surface area contributed by atoms with Gasteiger partial charge in [0.25, 0.3) is 0 Å². The lowest BCUT2D eigenvalue weighted by atomic mass is 10.1. The van der Waals surface area contributed by atoms with Crippen LogP contribution in [0.5, 0.6) is 0 Å². The van der Waals surface area contributed by atoms with Crippen LogP contribution in [0.3, 0.4) is 0 Å². The van der Waals surface area contributed by atoms with E-state index in [1.807, 2.05) is 6.07 Å². The summed E-state index contributed by atoms with van der Waals surface area (Å²) in [5.41, 5.74) is 8.85. The SMILES string of the molecule is Cc1ccc(C#CCN)c(C)c1. The summed E-state index contributed by atoms with van der Waals surface area (Å²) < 4.78 is 0. The molecule has 1 aromatic rings. The molecule has 1 heteroatoms. The molecule has 1 rings (SSSR count). The minimum Gasteiger partial charge on any atom is -0.320 e. The molecule has 0 bridgehead atoms. The van der Waals surface area contributed by atoms with Gasteiger partial charge in [-0.1, -0.05) is 29.5 Å². The molecule has 0 saturated heterocycles. The molecule has 0 aliphatic heterocycles. The Bertz CT molecular complexity index is 329. The standard InChI is InChI=1S/C11H13N/c1-9-5-6-11(4-3-7-12)10(2)8-9/h5-6,8H,7,12H2,1-2H3. The molecule has 0 amide bonds. The van der Waals surface area contributed by atoms with E-state index >= 15 is 0 Å². The van der Waals surface area contributed by atoms with Crippen molar-refractivity contribution in [3.63, 3.8) is 0 Å². The summed E-state index contributed by atoms with van der Waals surface area (Å²) in [6, 6.07) is 6.22. The molecule has 0 aliphatic carbocycles. The molecule has 0 atom stereocenters. The van der Waals surface area contributed by atoms with Crippen LogP contribution in [0.4, 0.5) is 0 Å². The molecule has 0 aliphatic rings. The fraction of sp³-hybridized carbons (Fsp3) is 0.273. The van der Waals surface area contributed by atoms with Crippen molar-refractivity contribution < 1.29 is 0 Å². The Hall–Kier alpha value is -1.26. The Morgan fingerprint density at radius 1 is 1.33 bits per heavy atom. The minimum absolute atomic E-state index is 0.424. The van der Waals surface area contributed by atoms with E-state index in [1.165, 1.54) is 11.1 Å². The van der Waals surface area contributed by atoms with E-state index in [1.54, 1.807) is 0 Å². The fourth-order valence-electron chi connectivity index (χ4n) is 1.10. The van der Waals surface area contributed by atoms with E-state index in [4.69, 9.17) is 5.73 Å². The number of benzene rings is 1. The van der Waals surface area contributed by atoms with Crippen molar-refractivity contribution in [3.8, 4) is 11.8 Å². The monoisotopic (exact) mass is 159 g/mol. The molecule has 0 unspecified atom stereocenters. The van der Waals surface area contributed by atoms with Gasteiger partial charge < -0.3 is 5.73 Å². The van der Waals surface area contributed by atoms with E-state index in [2.05, 4.69) is 37.8 Å². The van der Waals surface area contributed by atoms with Gasteiger partial charge in [-0.15, -0.1) is 0 Å². The lowest BCUT2D eigenvalue weighted by Crippen LogP contribution is -1.93. The Morgan fingerprint density at radius 2 is 2.08 bits per heavy atom. The summed E-state index contributed by atoms with van der Waals surface area (Å²) in [4.78, 5) is 0. The summed E-state index contributed by atoms with van der Waals surface area (Å²) in [7, 11) is 0. The maximum Gasteiger partial charge on any atom is 0.0555 e. The average molecular weight is 159 g/mol. The summed E-state index contributed by atoms with van der Waals surface area (Å²) in [5.74, 6) is 5.87. The number of rotatable bonds is 0. The smallest absolute Gasteiger partial charge is 0.0555 e. The number of nitrogens with two attached hydrogens (primary N) is 1. The topological polar surface area (TPSA) is 26.0 Å². The van der Waals surface area contributed by atoms with E-state index in [0.717, 1.165) is 5.56 Å². The van der Waals surface area contributed by atoms with Gasteiger partial charge in [-0.25, -0.2) is 0 Å². The second kappa shape index (κ2) is 3.94. The Kier molecular flexibility index (Phi) is 2.90. The van der Waals surface area contributed by atoms with Crippen LogP contribution in [0.15, 0.2) is 18.2 Å². The molecule has 1 aromatic carbocycles. The lowest BCUT2D eigenvalue weighted by molar-refractivity contribution is 1.30. The zero-order valence-corrected chi connectivity index (χ0v) is 7.52. The highest BCUT2D eigenvalue weighted by atomic mass is 14.5. The van der Waals surface area contributed by atoms with Gasteiger partial charge in [0.2, 0.25) is 0 Å². The van der Waals surface area contributed by atoms with E-state index < -0.39 is 0 Å². The van der Waals surface area contributed by atoms with Gasteiger partial charge in [-0.2, -0.15) is 0 Å². The molecule has 12 heavy (non-hydrogen) atoms. The second-order valence-corrected chi connectivity index (χ2v) is 2.82. The van der Waals surface area contributed by atoms with Crippen LogP contribution in [-0.2, 0) is 0 Å². The molecule has 1 nitrogen and oxygen atoms in total. The van der Waals surface area contributed by atoms with Crippen molar-refractivity contribution in [2.45, 2.75) is 13.8 Å². The zero-order valence-electron chi connectivity index (χ0n) is 7.52. The van der Waals surface area contributed by atoms with Gasteiger partial charge in [0.15, 0.2) is 0 Å². The fourth-order valence-corrected chi connectivity index (χ4v) is 1.10. The first-order valence-electron chi connectivity index (χ1n) is 4.00. The van der Waals surface area contributed by atoms with Crippen molar-refractivity contribution in [2.75, 3.05) is 6.54 Å². The molecule has 0 aromatic heterocycles. The van der Waals surface area contributed by atoms with Crippen molar-refractivity contribution >= 4 is 0 Å². The summed E-state index contributed by atoms with van der Waals surface area (Å²) in [5, 5.41) is 0. The third-order valence-electron chi connectivity index (χ3n) is 1.71. The van der Waals surface area contributed by atoms with Crippen molar-refractivity contribution in [1.82, 2.24) is 0 Å². The normalized spacial score (nSPS) is 8.92. The molecular formula is C11H13N. The van der Waals surface area contributed by atoms with Crippen LogP contribution in [0.25, 0.3) is 0 Å². The average Bonchev–Trinajstić information content (AvgIpc) is 2.03. The number of aryl methyl sites for hydroxylation is 2. The molecule has 0 radical (unpaired) electrons. The van der Waals surface area contributed by atoms with Crippen LogP contribution in [0, 0.1) is 25.7 Å². The second-order valence-electron chi connectivity index (χ2n) is 2.82. The van der Waals surface area contributed by atoms with Gasteiger partial charge in [-0.3, -0.25) is 0 Å². The Morgan fingerprint density at radius 3 is 2.67 bits per heavy atom. The highest BCUT2D eigenvalue weighted by Gasteiger charge is 1.92. The van der Waals surface area contributed by atoms with Crippen LogP contribution >= 0.6 is 0 Å². The Labute approximate surface area is 73.6 Å². The number of hydrogen-bond donors (Lipinski definition) is 1. The molecule has 62 valence electrons. The quantitative estimate of drug-likeness (QED) is 0.572. The molecule has 0 heterocycles. The summed E-state index contributed by atoms with van der Waals surface area (Å²) >= 11 is 0. The van der Waals surface area contributed by atoms with E-state index in [0.29, 0.717) is 6.54 Å². The van der Waals surface area contributed by atoms with Crippen LogP contribution in [0.1, 0.15) is 16.7 Å². The first-order valence-corrected chi connectivity index (χ1v) is 4.00. The van der Waals surface area contributed by atoms with Crippen molar-refractivity contribution in [1.29, 1.82) is 0 Å².